The van der Waals surface area contributed by atoms with E-state index in [2.05, 4.69) is 43.4 Å². The first-order valence-electron chi connectivity index (χ1n) is 6.60. The van der Waals surface area contributed by atoms with E-state index >= 15 is 0 Å². The van der Waals surface area contributed by atoms with Gasteiger partial charge < -0.3 is 10.1 Å². The van der Waals surface area contributed by atoms with Crippen LogP contribution in [0.15, 0.2) is 30.3 Å². The van der Waals surface area contributed by atoms with Gasteiger partial charge in [-0.1, -0.05) is 19.1 Å². The maximum atomic E-state index is 5.32. The standard InChI is InChI=1S/C16H21NOS/c1-5-13-7-9-15(19-13)16(17-3)12-6-8-14(18-4)11(2)10-12/h6-10,16-17H,5H2,1-4H3. The SMILES string of the molecule is CCc1ccc(C(NC)c2ccc(OC)c(C)c2)s1. The number of methoxy groups -OCH3 is 1. The molecule has 1 unspecified atom stereocenters. The van der Waals surface area contributed by atoms with Crippen LogP contribution < -0.4 is 10.1 Å². The molecule has 0 amide bonds. The molecule has 0 aliphatic heterocycles. The lowest BCUT2D eigenvalue weighted by molar-refractivity contribution is 0.411. The molecule has 102 valence electrons. The topological polar surface area (TPSA) is 21.3 Å². The molecule has 1 aromatic carbocycles. The Morgan fingerprint density at radius 1 is 1.26 bits per heavy atom. The van der Waals surface area contributed by atoms with Crippen molar-refractivity contribution in [3.63, 3.8) is 0 Å². The second kappa shape index (κ2) is 6.22. The van der Waals surface area contributed by atoms with Gasteiger partial charge in [-0.15, -0.1) is 11.3 Å². The first kappa shape index (κ1) is 14.1. The molecule has 0 radical (unpaired) electrons. The maximum Gasteiger partial charge on any atom is 0.121 e. The summed E-state index contributed by atoms with van der Waals surface area (Å²) in [4.78, 5) is 2.80. The lowest BCUT2D eigenvalue weighted by Crippen LogP contribution is -2.16. The summed E-state index contributed by atoms with van der Waals surface area (Å²) >= 11 is 1.88. The number of ether oxygens (including phenoxy) is 1. The normalized spacial score (nSPS) is 12.4. The van der Waals surface area contributed by atoms with Crippen LogP contribution in [0.1, 0.15) is 33.8 Å². The van der Waals surface area contributed by atoms with Gasteiger partial charge in [-0.3, -0.25) is 0 Å². The number of thiophene rings is 1. The van der Waals surface area contributed by atoms with E-state index in [1.54, 1.807) is 7.11 Å². The van der Waals surface area contributed by atoms with Crippen LogP contribution in [0, 0.1) is 6.92 Å². The Morgan fingerprint density at radius 2 is 2.05 bits per heavy atom. The van der Waals surface area contributed by atoms with Crippen molar-refractivity contribution >= 4 is 11.3 Å². The van der Waals surface area contributed by atoms with Crippen molar-refractivity contribution in [2.75, 3.05) is 14.2 Å². The predicted octanol–water partition coefficient (Wildman–Crippen LogP) is 3.94. The van der Waals surface area contributed by atoms with Crippen LogP contribution in [0.3, 0.4) is 0 Å². The van der Waals surface area contributed by atoms with Crippen LogP contribution in [0.4, 0.5) is 0 Å². The molecule has 1 N–H and O–H groups in total. The summed E-state index contributed by atoms with van der Waals surface area (Å²) in [6.07, 6.45) is 1.10. The number of aryl methyl sites for hydroxylation is 2. The molecule has 1 atom stereocenters. The molecule has 0 saturated heterocycles. The Kier molecular flexibility index (Phi) is 4.61. The first-order chi connectivity index (χ1) is 9.19. The van der Waals surface area contributed by atoms with Crippen molar-refractivity contribution in [3.8, 4) is 5.75 Å². The molecule has 0 aliphatic rings. The highest BCUT2D eigenvalue weighted by molar-refractivity contribution is 7.12. The molecule has 19 heavy (non-hydrogen) atoms. The summed E-state index contributed by atoms with van der Waals surface area (Å²) < 4.78 is 5.32. The fraction of sp³-hybridized carbons (Fsp3) is 0.375. The Bertz CT molecular complexity index is 547. The van der Waals surface area contributed by atoms with E-state index in [9.17, 15) is 0 Å². The summed E-state index contributed by atoms with van der Waals surface area (Å²) in [5, 5.41) is 3.41. The van der Waals surface area contributed by atoms with Crippen molar-refractivity contribution < 1.29 is 4.74 Å². The molecule has 0 aliphatic carbocycles. The van der Waals surface area contributed by atoms with Crippen molar-refractivity contribution in [2.45, 2.75) is 26.3 Å². The molecule has 2 aromatic rings. The summed E-state index contributed by atoms with van der Waals surface area (Å²) in [5.41, 5.74) is 2.46. The van der Waals surface area contributed by atoms with E-state index in [-0.39, 0.29) is 6.04 Å². The Balaban J connectivity index is 2.33. The van der Waals surface area contributed by atoms with Gasteiger partial charge >= 0.3 is 0 Å². The van der Waals surface area contributed by atoms with Crippen molar-refractivity contribution in [2.24, 2.45) is 0 Å². The quantitative estimate of drug-likeness (QED) is 0.892. The third-order valence-corrected chi connectivity index (χ3v) is 4.65. The van der Waals surface area contributed by atoms with Crippen molar-refractivity contribution in [1.82, 2.24) is 5.32 Å². The van der Waals surface area contributed by atoms with Gasteiger partial charge in [-0.2, -0.15) is 0 Å². The zero-order chi connectivity index (χ0) is 13.8. The van der Waals surface area contributed by atoms with Crippen LogP contribution in [0.2, 0.25) is 0 Å². The van der Waals surface area contributed by atoms with Gasteiger partial charge in [0.05, 0.1) is 13.2 Å². The molecule has 1 heterocycles. The molecule has 2 rings (SSSR count). The molecule has 0 fully saturated rings. The first-order valence-corrected chi connectivity index (χ1v) is 7.41. The zero-order valence-corrected chi connectivity index (χ0v) is 12.8. The van der Waals surface area contributed by atoms with Crippen LogP contribution in [-0.2, 0) is 6.42 Å². The highest BCUT2D eigenvalue weighted by Crippen LogP contribution is 2.30. The molecule has 1 aromatic heterocycles. The van der Waals surface area contributed by atoms with E-state index in [1.807, 2.05) is 24.5 Å². The lowest BCUT2D eigenvalue weighted by Gasteiger charge is -2.16. The monoisotopic (exact) mass is 275 g/mol. The largest absolute Gasteiger partial charge is 0.496 e. The fourth-order valence-electron chi connectivity index (χ4n) is 2.29. The predicted molar refractivity (Wildman–Crippen MR) is 82.3 cm³/mol. The minimum atomic E-state index is 0.259. The van der Waals surface area contributed by atoms with Gasteiger partial charge in [-0.25, -0.2) is 0 Å². The van der Waals surface area contributed by atoms with Crippen molar-refractivity contribution in [1.29, 1.82) is 0 Å². The second-order valence-corrected chi connectivity index (χ2v) is 5.81. The highest BCUT2D eigenvalue weighted by atomic mass is 32.1. The van der Waals surface area contributed by atoms with Gasteiger partial charge in [0.15, 0.2) is 0 Å². The molecule has 0 saturated carbocycles. The average Bonchev–Trinajstić information content (AvgIpc) is 2.88. The molecule has 2 nitrogen and oxygen atoms in total. The van der Waals surface area contributed by atoms with Crippen LogP contribution in [0.5, 0.6) is 5.75 Å². The van der Waals surface area contributed by atoms with Gasteiger partial charge in [0.2, 0.25) is 0 Å². The molecule has 0 bridgehead atoms. The number of nitrogens with one attached hydrogen (secondary N) is 1. The Labute approximate surface area is 119 Å². The zero-order valence-electron chi connectivity index (χ0n) is 12.0. The highest BCUT2D eigenvalue weighted by Gasteiger charge is 2.15. The summed E-state index contributed by atoms with van der Waals surface area (Å²) in [5.74, 6) is 0.944. The van der Waals surface area contributed by atoms with Crippen molar-refractivity contribution in [3.05, 3.63) is 51.2 Å². The number of hydrogen-bond donors (Lipinski definition) is 1. The smallest absolute Gasteiger partial charge is 0.121 e. The number of benzene rings is 1. The Hall–Kier alpha value is -1.32. The summed E-state index contributed by atoms with van der Waals surface area (Å²) in [7, 11) is 3.72. The average molecular weight is 275 g/mol. The van der Waals surface area contributed by atoms with E-state index in [1.165, 1.54) is 20.9 Å². The molecular weight excluding hydrogens is 254 g/mol. The third kappa shape index (κ3) is 2.99. The van der Waals surface area contributed by atoms with Gasteiger partial charge in [0.25, 0.3) is 0 Å². The van der Waals surface area contributed by atoms with Crippen LogP contribution in [0.25, 0.3) is 0 Å². The minimum absolute atomic E-state index is 0.259. The second-order valence-electron chi connectivity index (χ2n) is 4.61. The lowest BCUT2D eigenvalue weighted by atomic mass is 10.0. The minimum Gasteiger partial charge on any atom is -0.496 e. The van der Waals surface area contributed by atoms with E-state index < -0.39 is 0 Å². The fourth-order valence-corrected chi connectivity index (χ4v) is 3.39. The van der Waals surface area contributed by atoms with Crippen LogP contribution in [-0.4, -0.2) is 14.2 Å². The molecule has 3 heteroatoms. The number of rotatable bonds is 5. The maximum absolute atomic E-state index is 5.32. The third-order valence-electron chi connectivity index (χ3n) is 3.36. The number of hydrogen-bond acceptors (Lipinski definition) is 3. The van der Waals surface area contributed by atoms with Gasteiger partial charge in [0, 0.05) is 9.75 Å². The molecular formula is C16H21NOS. The van der Waals surface area contributed by atoms with Gasteiger partial charge in [-0.05, 0) is 49.7 Å². The summed E-state index contributed by atoms with van der Waals surface area (Å²) in [6.45, 7) is 4.28. The van der Waals surface area contributed by atoms with Crippen LogP contribution >= 0.6 is 11.3 Å². The van der Waals surface area contributed by atoms with Gasteiger partial charge in [0.1, 0.15) is 5.75 Å². The van der Waals surface area contributed by atoms with E-state index in [0.29, 0.717) is 0 Å². The van der Waals surface area contributed by atoms with E-state index in [0.717, 1.165) is 12.2 Å². The molecule has 0 spiro atoms. The summed E-state index contributed by atoms with van der Waals surface area (Å²) in [6, 6.07) is 11.1. The van der Waals surface area contributed by atoms with E-state index in [4.69, 9.17) is 4.74 Å². The Morgan fingerprint density at radius 3 is 2.58 bits per heavy atom.